The zero-order chi connectivity index (χ0) is 18.2. The second-order valence-electron chi connectivity index (χ2n) is 6.60. The van der Waals surface area contributed by atoms with E-state index in [1.54, 1.807) is 12.4 Å². The van der Waals surface area contributed by atoms with Crippen LogP contribution >= 0.6 is 0 Å². The summed E-state index contributed by atoms with van der Waals surface area (Å²) in [6.07, 6.45) is 8.56. The highest BCUT2D eigenvalue weighted by Gasteiger charge is 2.21. The van der Waals surface area contributed by atoms with E-state index in [-0.39, 0.29) is 13.2 Å². The summed E-state index contributed by atoms with van der Waals surface area (Å²) in [5.74, 6) is 1.30. The van der Waals surface area contributed by atoms with Crippen LogP contribution in [-0.2, 0) is 6.54 Å². The number of nitrogens with zero attached hydrogens (tertiary/aromatic N) is 5. The van der Waals surface area contributed by atoms with Gasteiger partial charge < -0.3 is 14.7 Å². The molecule has 3 rings (SSSR count). The molecule has 3 heterocycles. The third-order valence-electron chi connectivity index (χ3n) is 4.72. The van der Waals surface area contributed by atoms with Crippen LogP contribution in [-0.4, -0.2) is 64.4 Å². The summed E-state index contributed by atoms with van der Waals surface area (Å²) in [6.45, 7) is 2.98. The van der Waals surface area contributed by atoms with Crippen LogP contribution in [0.15, 0.2) is 36.8 Å². The zero-order valence-corrected chi connectivity index (χ0v) is 15.3. The second kappa shape index (κ2) is 9.45. The molecule has 2 aromatic rings. The van der Waals surface area contributed by atoms with Gasteiger partial charge in [0.2, 0.25) is 5.88 Å². The van der Waals surface area contributed by atoms with Gasteiger partial charge in [-0.25, -0.2) is 0 Å². The van der Waals surface area contributed by atoms with Crippen LogP contribution in [0.25, 0.3) is 0 Å². The van der Waals surface area contributed by atoms with E-state index in [0.29, 0.717) is 11.9 Å². The quantitative estimate of drug-likeness (QED) is 0.809. The molecule has 2 aromatic heterocycles. The minimum absolute atomic E-state index is 0.0279. The van der Waals surface area contributed by atoms with Crippen LogP contribution in [0.4, 0.5) is 5.82 Å². The third kappa shape index (κ3) is 5.12. The van der Waals surface area contributed by atoms with Crippen LogP contribution in [0.5, 0.6) is 5.88 Å². The first-order chi connectivity index (χ1) is 12.8. The van der Waals surface area contributed by atoms with Crippen LogP contribution in [0.2, 0.25) is 0 Å². The Morgan fingerprint density at radius 3 is 3.00 bits per heavy atom. The van der Waals surface area contributed by atoms with Crippen molar-refractivity contribution in [2.45, 2.75) is 31.8 Å². The average Bonchev–Trinajstić information content (AvgIpc) is 2.94. The van der Waals surface area contributed by atoms with Gasteiger partial charge in [-0.2, -0.15) is 4.98 Å². The van der Waals surface area contributed by atoms with Crippen molar-refractivity contribution in [1.29, 1.82) is 0 Å². The van der Waals surface area contributed by atoms with E-state index >= 15 is 0 Å². The van der Waals surface area contributed by atoms with Gasteiger partial charge in [-0.15, -0.1) is 0 Å². The van der Waals surface area contributed by atoms with Gasteiger partial charge in [0, 0.05) is 31.9 Å². The van der Waals surface area contributed by atoms with Gasteiger partial charge in [0.1, 0.15) is 6.61 Å². The lowest BCUT2D eigenvalue weighted by molar-refractivity contribution is 0.196. The molecule has 0 spiro atoms. The monoisotopic (exact) mass is 357 g/mol. The Balaban J connectivity index is 1.57. The van der Waals surface area contributed by atoms with E-state index in [2.05, 4.69) is 37.9 Å². The van der Waals surface area contributed by atoms with Gasteiger partial charge in [-0.1, -0.05) is 6.07 Å². The Morgan fingerprint density at radius 2 is 2.19 bits per heavy atom. The summed E-state index contributed by atoms with van der Waals surface area (Å²) in [5.41, 5.74) is 1.11. The Bertz CT molecular complexity index is 670. The highest BCUT2D eigenvalue weighted by atomic mass is 16.5. The number of ether oxygens (including phenoxy) is 1. The number of hydrogen-bond donors (Lipinski definition) is 1. The van der Waals surface area contributed by atoms with Crippen LogP contribution in [0.3, 0.4) is 0 Å². The fraction of sp³-hybridized carbons (Fsp3) is 0.526. The number of pyridine rings is 1. The summed E-state index contributed by atoms with van der Waals surface area (Å²) >= 11 is 0. The predicted molar refractivity (Wildman–Crippen MR) is 100 cm³/mol. The molecule has 1 saturated heterocycles. The molecule has 0 radical (unpaired) electrons. The molecule has 140 valence electrons. The Kier molecular flexibility index (Phi) is 6.74. The first kappa shape index (κ1) is 18.5. The number of aliphatic hydroxyl groups excluding tert-OH is 1. The molecule has 1 atom stereocenters. The molecule has 0 aliphatic carbocycles. The third-order valence-corrected chi connectivity index (χ3v) is 4.72. The zero-order valence-electron chi connectivity index (χ0n) is 15.3. The van der Waals surface area contributed by atoms with Crippen molar-refractivity contribution in [3.05, 3.63) is 42.5 Å². The molecule has 1 aliphatic heterocycles. The van der Waals surface area contributed by atoms with Crippen molar-refractivity contribution in [2.75, 3.05) is 38.3 Å². The lowest BCUT2D eigenvalue weighted by atomic mass is 10.1. The van der Waals surface area contributed by atoms with Crippen molar-refractivity contribution in [3.8, 4) is 5.88 Å². The van der Waals surface area contributed by atoms with E-state index in [0.717, 1.165) is 50.4 Å². The lowest BCUT2D eigenvalue weighted by Crippen LogP contribution is -2.33. The fourth-order valence-corrected chi connectivity index (χ4v) is 3.34. The summed E-state index contributed by atoms with van der Waals surface area (Å²) in [7, 11) is 2.18. The number of anilines is 1. The first-order valence-corrected chi connectivity index (χ1v) is 9.17. The number of aromatic nitrogens is 3. The van der Waals surface area contributed by atoms with Gasteiger partial charge in [-0.05, 0) is 38.4 Å². The van der Waals surface area contributed by atoms with Crippen molar-refractivity contribution >= 4 is 5.82 Å². The maximum atomic E-state index is 8.88. The second-order valence-corrected chi connectivity index (χ2v) is 6.60. The number of aliphatic hydroxyl groups is 1. The fourth-order valence-electron chi connectivity index (χ4n) is 3.34. The molecule has 0 amide bonds. The van der Waals surface area contributed by atoms with Crippen molar-refractivity contribution in [3.63, 3.8) is 0 Å². The maximum absolute atomic E-state index is 8.88. The highest BCUT2D eigenvalue weighted by Crippen LogP contribution is 2.22. The molecule has 0 aromatic carbocycles. The highest BCUT2D eigenvalue weighted by molar-refractivity contribution is 5.37. The SMILES string of the molecule is CN(Cc1ccccn1)C1CCCN(c2cncc(OCCO)n2)CC1. The number of hydrogen-bond acceptors (Lipinski definition) is 7. The topological polar surface area (TPSA) is 74.6 Å². The van der Waals surface area contributed by atoms with Crippen LogP contribution in [0, 0.1) is 0 Å². The lowest BCUT2D eigenvalue weighted by Gasteiger charge is -2.27. The summed E-state index contributed by atoms with van der Waals surface area (Å²) in [5, 5.41) is 8.88. The van der Waals surface area contributed by atoms with Crippen molar-refractivity contribution < 1.29 is 9.84 Å². The van der Waals surface area contributed by atoms with E-state index in [9.17, 15) is 0 Å². The smallest absolute Gasteiger partial charge is 0.234 e. The number of rotatable bonds is 7. The first-order valence-electron chi connectivity index (χ1n) is 9.17. The Morgan fingerprint density at radius 1 is 1.27 bits per heavy atom. The molecule has 7 heteroatoms. The maximum Gasteiger partial charge on any atom is 0.234 e. The summed E-state index contributed by atoms with van der Waals surface area (Å²) in [6, 6.07) is 6.60. The molecule has 1 unspecified atom stereocenters. The summed E-state index contributed by atoms with van der Waals surface area (Å²) < 4.78 is 5.38. The standard InChI is InChI=1S/C19H27N5O2/c1-23(15-16-5-2-3-8-21-16)17-6-4-9-24(10-7-17)18-13-20-14-19(22-18)26-12-11-25/h2-3,5,8,13-14,17,25H,4,6-7,9-12,15H2,1H3. The van der Waals surface area contributed by atoms with Crippen LogP contribution < -0.4 is 9.64 Å². The van der Waals surface area contributed by atoms with Gasteiger partial charge in [0.05, 0.1) is 24.7 Å². The normalized spacial score (nSPS) is 18.0. The molecule has 1 fully saturated rings. The Labute approximate surface area is 154 Å². The van der Waals surface area contributed by atoms with Crippen LogP contribution in [0.1, 0.15) is 25.0 Å². The van der Waals surface area contributed by atoms with Crippen molar-refractivity contribution in [1.82, 2.24) is 19.9 Å². The molecule has 26 heavy (non-hydrogen) atoms. The minimum atomic E-state index is -0.0279. The molecule has 1 aliphatic rings. The molecule has 1 N–H and O–H groups in total. The van der Waals surface area contributed by atoms with E-state index in [1.807, 2.05) is 18.3 Å². The van der Waals surface area contributed by atoms with Gasteiger partial charge in [-0.3, -0.25) is 14.9 Å². The van der Waals surface area contributed by atoms with E-state index in [4.69, 9.17) is 9.84 Å². The average molecular weight is 357 g/mol. The summed E-state index contributed by atoms with van der Waals surface area (Å²) in [4.78, 5) is 17.8. The Hall–Kier alpha value is -2.25. The van der Waals surface area contributed by atoms with Gasteiger partial charge in [0.15, 0.2) is 5.82 Å². The molecule has 0 bridgehead atoms. The van der Waals surface area contributed by atoms with E-state index in [1.165, 1.54) is 0 Å². The van der Waals surface area contributed by atoms with E-state index < -0.39 is 0 Å². The van der Waals surface area contributed by atoms with Gasteiger partial charge >= 0.3 is 0 Å². The molecule has 7 nitrogen and oxygen atoms in total. The minimum Gasteiger partial charge on any atom is -0.474 e. The van der Waals surface area contributed by atoms with Gasteiger partial charge in [0.25, 0.3) is 0 Å². The molecular formula is C19H27N5O2. The molecule has 0 saturated carbocycles. The van der Waals surface area contributed by atoms with Crippen molar-refractivity contribution in [2.24, 2.45) is 0 Å². The molecular weight excluding hydrogens is 330 g/mol. The largest absolute Gasteiger partial charge is 0.474 e. The predicted octanol–water partition coefficient (Wildman–Crippen LogP) is 1.73.